The number of fused-ring (bicyclic) bond motifs is 1. The van der Waals surface area contributed by atoms with Gasteiger partial charge < -0.3 is 9.64 Å². The number of esters is 1. The van der Waals surface area contributed by atoms with Crippen molar-refractivity contribution in [3.8, 4) is 0 Å². The van der Waals surface area contributed by atoms with Crippen LogP contribution in [0.5, 0.6) is 0 Å². The maximum atomic E-state index is 12.9. The van der Waals surface area contributed by atoms with Gasteiger partial charge in [0.15, 0.2) is 0 Å². The van der Waals surface area contributed by atoms with Crippen molar-refractivity contribution in [2.24, 2.45) is 0 Å². The van der Waals surface area contributed by atoms with Gasteiger partial charge in [0.2, 0.25) is 0 Å². The highest BCUT2D eigenvalue weighted by atomic mass is 35.5. The SMILES string of the molecule is COC(=O)[C@H](c1ccccc1Cl)N1CCN(C(=O)c2ccc3ncsc3c2)CC1. The zero-order valence-corrected chi connectivity index (χ0v) is 17.4. The standard InChI is InChI=1S/C21H20ClN3O3S/c1-28-21(27)19(15-4-2-3-5-16(15)22)24-8-10-25(11-9-24)20(26)14-6-7-17-18(12-14)29-13-23-17/h2-7,12-13,19H,8-11H2,1H3/t19-/m0/s1. The molecule has 3 aromatic rings. The number of piperazine rings is 1. The number of thiazole rings is 1. The molecule has 0 saturated carbocycles. The number of carbonyl (C=O) groups excluding carboxylic acids is 2. The molecule has 8 heteroatoms. The van der Waals surface area contributed by atoms with Crippen LogP contribution in [0.25, 0.3) is 10.2 Å². The van der Waals surface area contributed by atoms with Gasteiger partial charge in [-0.15, -0.1) is 11.3 Å². The Morgan fingerprint density at radius 2 is 1.90 bits per heavy atom. The minimum Gasteiger partial charge on any atom is -0.468 e. The van der Waals surface area contributed by atoms with E-state index in [2.05, 4.69) is 4.98 Å². The van der Waals surface area contributed by atoms with Crippen LogP contribution in [0.2, 0.25) is 5.02 Å². The Morgan fingerprint density at radius 1 is 1.14 bits per heavy atom. The summed E-state index contributed by atoms with van der Waals surface area (Å²) >= 11 is 7.85. The van der Waals surface area contributed by atoms with Crippen LogP contribution in [-0.2, 0) is 9.53 Å². The van der Waals surface area contributed by atoms with E-state index in [0.717, 1.165) is 15.8 Å². The van der Waals surface area contributed by atoms with Gasteiger partial charge in [0.1, 0.15) is 6.04 Å². The third-order valence-electron chi connectivity index (χ3n) is 5.17. The van der Waals surface area contributed by atoms with Crippen LogP contribution in [-0.4, -0.2) is 59.9 Å². The van der Waals surface area contributed by atoms with E-state index in [4.69, 9.17) is 16.3 Å². The molecule has 0 N–H and O–H groups in total. The zero-order valence-electron chi connectivity index (χ0n) is 15.9. The fourth-order valence-corrected chi connectivity index (χ4v) is 4.59. The van der Waals surface area contributed by atoms with E-state index in [1.807, 2.05) is 46.2 Å². The summed E-state index contributed by atoms with van der Waals surface area (Å²) in [7, 11) is 1.38. The van der Waals surface area contributed by atoms with Crippen LogP contribution in [0.4, 0.5) is 0 Å². The summed E-state index contributed by atoms with van der Waals surface area (Å²) in [4.78, 5) is 33.5. The van der Waals surface area contributed by atoms with E-state index < -0.39 is 6.04 Å². The number of hydrogen-bond acceptors (Lipinski definition) is 6. The second kappa shape index (κ2) is 8.49. The fourth-order valence-electron chi connectivity index (χ4n) is 3.64. The Hall–Kier alpha value is -2.48. The van der Waals surface area contributed by atoms with Crippen molar-refractivity contribution in [3.05, 3.63) is 64.1 Å². The van der Waals surface area contributed by atoms with Crippen molar-refractivity contribution in [2.75, 3.05) is 33.3 Å². The number of carbonyl (C=O) groups is 2. The molecule has 0 radical (unpaired) electrons. The van der Waals surface area contributed by atoms with Crippen molar-refractivity contribution in [3.63, 3.8) is 0 Å². The molecule has 0 unspecified atom stereocenters. The molecule has 2 aromatic carbocycles. The van der Waals surface area contributed by atoms with Gasteiger partial charge in [0, 0.05) is 36.8 Å². The third kappa shape index (κ3) is 3.99. The lowest BCUT2D eigenvalue weighted by atomic mass is 10.0. The molecule has 1 aliphatic heterocycles. The van der Waals surface area contributed by atoms with Crippen LogP contribution in [0.1, 0.15) is 22.0 Å². The molecule has 0 spiro atoms. The van der Waals surface area contributed by atoms with Crippen molar-refractivity contribution in [2.45, 2.75) is 6.04 Å². The molecule has 0 aliphatic carbocycles. The summed E-state index contributed by atoms with van der Waals surface area (Å²) < 4.78 is 6.03. The Bertz CT molecular complexity index is 1050. The highest BCUT2D eigenvalue weighted by Gasteiger charge is 2.33. The van der Waals surface area contributed by atoms with Crippen molar-refractivity contribution >= 4 is 45.0 Å². The predicted octanol–water partition coefficient (Wildman–Crippen LogP) is 3.62. The molecule has 2 heterocycles. The first-order chi connectivity index (χ1) is 14.1. The molecule has 6 nitrogen and oxygen atoms in total. The molecular formula is C21H20ClN3O3S. The van der Waals surface area contributed by atoms with E-state index in [9.17, 15) is 9.59 Å². The number of amides is 1. The van der Waals surface area contributed by atoms with Gasteiger partial charge in [0.05, 0.1) is 22.8 Å². The second-order valence-corrected chi connectivity index (χ2v) is 8.10. The summed E-state index contributed by atoms with van der Waals surface area (Å²) in [5, 5.41) is 0.527. The Balaban J connectivity index is 1.49. The first-order valence-corrected chi connectivity index (χ1v) is 10.5. The zero-order chi connectivity index (χ0) is 20.4. The maximum Gasteiger partial charge on any atom is 0.327 e. The minimum absolute atomic E-state index is 0.00712. The summed E-state index contributed by atoms with van der Waals surface area (Å²) in [5.41, 5.74) is 4.05. The second-order valence-electron chi connectivity index (χ2n) is 6.81. The number of methoxy groups -OCH3 is 1. The smallest absolute Gasteiger partial charge is 0.327 e. The molecular weight excluding hydrogens is 410 g/mol. The van der Waals surface area contributed by atoms with Gasteiger partial charge >= 0.3 is 5.97 Å². The third-order valence-corrected chi connectivity index (χ3v) is 6.31. The maximum absolute atomic E-state index is 12.9. The Kier molecular flexibility index (Phi) is 5.80. The van der Waals surface area contributed by atoms with Gasteiger partial charge in [-0.1, -0.05) is 29.8 Å². The number of benzene rings is 2. The van der Waals surface area contributed by atoms with Crippen LogP contribution in [0.3, 0.4) is 0 Å². The van der Waals surface area contributed by atoms with Crippen molar-refractivity contribution in [1.82, 2.24) is 14.8 Å². The summed E-state index contributed by atoms with van der Waals surface area (Å²) in [6.45, 7) is 2.16. The molecule has 150 valence electrons. The van der Waals surface area contributed by atoms with Gasteiger partial charge in [-0.25, -0.2) is 9.78 Å². The lowest BCUT2D eigenvalue weighted by Gasteiger charge is -2.38. The van der Waals surface area contributed by atoms with Gasteiger partial charge in [-0.2, -0.15) is 0 Å². The van der Waals surface area contributed by atoms with Crippen molar-refractivity contribution < 1.29 is 14.3 Å². The normalized spacial score (nSPS) is 16.0. The molecule has 29 heavy (non-hydrogen) atoms. The number of nitrogens with zero attached hydrogens (tertiary/aromatic N) is 3. The van der Waals surface area contributed by atoms with E-state index in [1.165, 1.54) is 18.4 Å². The average Bonchev–Trinajstić information content (AvgIpc) is 3.23. The first kappa shape index (κ1) is 19.8. The highest BCUT2D eigenvalue weighted by molar-refractivity contribution is 7.16. The van der Waals surface area contributed by atoms with Crippen LogP contribution >= 0.6 is 22.9 Å². The summed E-state index contributed by atoms with van der Waals surface area (Å²) in [5.74, 6) is -0.360. The average molecular weight is 430 g/mol. The fraction of sp³-hybridized carbons (Fsp3) is 0.286. The van der Waals surface area contributed by atoms with E-state index >= 15 is 0 Å². The minimum atomic E-state index is -0.584. The van der Waals surface area contributed by atoms with Gasteiger partial charge in [0.25, 0.3) is 5.91 Å². The molecule has 1 amide bonds. The van der Waals surface area contributed by atoms with E-state index in [1.54, 1.807) is 11.6 Å². The predicted molar refractivity (Wildman–Crippen MR) is 113 cm³/mol. The molecule has 1 saturated heterocycles. The first-order valence-electron chi connectivity index (χ1n) is 9.27. The molecule has 1 fully saturated rings. The summed E-state index contributed by atoms with van der Waals surface area (Å²) in [6.07, 6.45) is 0. The van der Waals surface area contributed by atoms with E-state index in [-0.39, 0.29) is 11.9 Å². The molecule has 0 bridgehead atoms. The van der Waals surface area contributed by atoms with Gasteiger partial charge in [-0.05, 0) is 29.8 Å². The Morgan fingerprint density at radius 3 is 2.62 bits per heavy atom. The Labute approximate surface area is 177 Å². The molecule has 4 rings (SSSR count). The number of aromatic nitrogens is 1. The largest absolute Gasteiger partial charge is 0.468 e. The lowest BCUT2D eigenvalue weighted by molar-refractivity contribution is -0.148. The van der Waals surface area contributed by atoms with Crippen LogP contribution in [0.15, 0.2) is 48.0 Å². The quantitative estimate of drug-likeness (QED) is 0.593. The van der Waals surface area contributed by atoms with Crippen LogP contribution < -0.4 is 0 Å². The number of ether oxygens (including phenoxy) is 1. The lowest BCUT2D eigenvalue weighted by Crippen LogP contribution is -2.51. The number of hydrogen-bond donors (Lipinski definition) is 0. The molecule has 1 aliphatic rings. The van der Waals surface area contributed by atoms with E-state index in [0.29, 0.717) is 36.8 Å². The molecule has 1 aromatic heterocycles. The monoisotopic (exact) mass is 429 g/mol. The van der Waals surface area contributed by atoms with Crippen LogP contribution in [0, 0.1) is 0 Å². The topological polar surface area (TPSA) is 62.7 Å². The molecule has 1 atom stereocenters. The van der Waals surface area contributed by atoms with Crippen molar-refractivity contribution in [1.29, 1.82) is 0 Å². The number of halogens is 1. The summed E-state index contributed by atoms with van der Waals surface area (Å²) in [6, 6.07) is 12.3. The number of rotatable bonds is 4. The van der Waals surface area contributed by atoms with Gasteiger partial charge in [-0.3, -0.25) is 9.69 Å². The highest BCUT2D eigenvalue weighted by Crippen LogP contribution is 2.30.